The molecule has 3 aromatic rings. The molecule has 2 heterocycles. The number of hydrogen-bond donors (Lipinski definition) is 1. The van der Waals surface area contributed by atoms with Gasteiger partial charge in [-0.15, -0.1) is 0 Å². The van der Waals surface area contributed by atoms with Gasteiger partial charge >= 0.3 is 0 Å². The molecule has 6 heteroatoms. The molecule has 0 amide bonds. The van der Waals surface area contributed by atoms with Crippen molar-refractivity contribution >= 4 is 40.6 Å². The van der Waals surface area contributed by atoms with Crippen molar-refractivity contribution in [2.45, 2.75) is 20.4 Å². The van der Waals surface area contributed by atoms with E-state index in [4.69, 9.17) is 0 Å². The van der Waals surface area contributed by atoms with E-state index in [0.29, 0.717) is 22.1 Å². The third kappa shape index (κ3) is 3.55. The monoisotopic (exact) mass is 393 g/mol. The van der Waals surface area contributed by atoms with E-state index in [-0.39, 0.29) is 17.4 Å². The summed E-state index contributed by atoms with van der Waals surface area (Å²) in [6, 6.07) is 14.3. The fourth-order valence-electron chi connectivity index (χ4n) is 3.07. The number of allylic oxidation sites excluding steroid dienone is 1. The third-order valence-electron chi connectivity index (χ3n) is 4.37. The van der Waals surface area contributed by atoms with Crippen molar-refractivity contribution in [2.75, 3.05) is 0 Å². The van der Waals surface area contributed by atoms with Gasteiger partial charge in [0, 0.05) is 23.9 Å². The molecule has 0 fully saturated rings. The largest absolute Gasteiger partial charge is 0.493 e. The Labute approximate surface area is 166 Å². The van der Waals surface area contributed by atoms with Crippen molar-refractivity contribution < 1.29 is 9.50 Å². The van der Waals surface area contributed by atoms with Gasteiger partial charge < -0.3 is 5.11 Å². The first-order valence-corrected chi connectivity index (χ1v) is 9.91. The molecule has 0 aliphatic carbocycles. The Hall–Kier alpha value is -2.99. The highest BCUT2D eigenvalue weighted by molar-refractivity contribution is 7.10. The number of aliphatic imine (C=N–C) groups is 1. The predicted octanol–water partition coefficient (Wildman–Crippen LogP) is 5.54. The number of aromatic hydroxyl groups is 1. The number of nitrogens with zero attached hydrogens (tertiary/aromatic N) is 3. The summed E-state index contributed by atoms with van der Waals surface area (Å²) in [5, 5.41) is 10.8. The highest BCUT2D eigenvalue weighted by atomic mass is 32.1. The minimum Gasteiger partial charge on any atom is -0.493 e. The number of hydrogen-bond acceptors (Lipinski definition) is 4. The highest BCUT2D eigenvalue weighted by Gasteiger charge is 2.16. The van der Waals surface area contributed by atoms with Crippen molar-refractivity contribution in [2.24, 2.45) is 15.9 Å². The zero-order chi connectivity index (χ0) is 19.7. The molecule has 0 atom stereocenters. The lowest BCUT2D eigenvalue weighted by Crippen LogP contribution is -2.17. The van der Waals surface area contributed by atoms with Crippen LogP contribution in [0.15, 0.2) is 58.5 Å². The van der Waals surface area contributed by atoms with Crippen LogP contribution in [0.3, 0.4) is 0 Å². The van der Waals surface area contributed by atoms with Gasteiger partial charge in [0.15, 0.2) is 4.80 Å². The summed E-state index contributed by atoms with van der Waals surface area (Å²) in [5.41, 5.74) is 3.13. The van der Waals surface area contributed by atoms with Crippen molar-refractivity contribution in [3.05, 3.63) is 69.6 Å². The lowest BCUT2D eigenvalue weighted by Gasteiger charge is -2.08. The minimum absolute atomic E-state index is 0.138. The minimum atomic E-state index is -0.386. The van der Waals surface area contributed by atoms with Crippen molar-refractivity contribution in [3.8, 4) is 5.88 Å². The van der Waals surface area contributed by atoms with Crippen LogP contribution in [0.1, 0.15) is 24.3 Å². The molecular formula is C22H20FN3OS. The van der Waals surface area contributed by atoms with Gasteiger partial charge in [0.05, 0.1) is 10.6 Å². The van der Waals surface area contributed by atoms with Gasteiger partial charge in [-0.1, -0.05) is 55.5 Å². The first-order valence-electron chi connectivity index (χ1n) is 9.10. The van der Waals surface area contributed by atoms with Gasteiger partial charge in [0.1, 0.15) is 11.5 Å². The second-order valence-corrected chi connectivity index (χ2v) is 8.02. The van der Waals surface area contributed by atoms with Crippen LogP contribution in [0, 0.1) is 11.7 Å². The molecule has 2 aromatic carbocycles. The van der Waals surface area contributed by atoms with Gasteiger partial charge in [-0.05, 0) is 30.2 Å². The molecule has 4 nitrogen and oxygen atoms in total. The van der Waals surface area contributed by atoms with Crippen LogP contribution >= 0.6 is 11.3 Å². The zero-order valence-electron chi connectivity index (χ0n) is 15.6. The van der Waals surface area contributed by atoms with E-state index in [1.54, 1.807) is 29.0 Å². The molecule has 142 valence electrons. The predicted molar refractivity (Wildman–Crippen MR) is 113 cm³/mol. The number of halogens is 1. The second kappa shape index (κ2) is 7.56. The fourth-order valence-corrected chi connectivity index (χ4v) is 4.07. The van der Waals surface area contributed by atoms with E-state index in [2.05, 4.69) is 23.8 Å². The molecule has 1 aliphatic heterocycles. The Bertz CT molecular complexity index is 1150. The number of para-hydroxylation sites is 2. The molecule has 4 rings (SSSR count). The Morgan fingerprint density at radius 2 is 1.93 bits per heavy atom. The summed E-state index contributed by atoms with van der Waals surface area (Å²) in [7, 11) is 0. The second-order valence-electron chi connectivity index (χ2n) is 7.02. The maximum atomic E-state index is 14.1. The van der Waals surface area contributed by atoms with Crippen LogP contribution < -0.4 is 4.80 Å². The van der Waals surface area contributed by atoms with E-state index in [1.807, 2.05) is 30.3 Å². The van der Waals surface area contributed by atoms with Gasteiger partial charge in [0.2, 0.25) is 5.88 Å². The van der Waals surface area contributed by atoms with Gasteiger partial charge in [0.25, 0.3) is 0 Å². The lowest BCUT2D eigenvalue weighted by molar-refractivity contribution is 0.387. The maximum absolute atomic E-state index is 14.1. The first-order chi connectivity index (χ1) is 13.5. The average molecular weight is 393 g/mol. The van der Waals surface area contributed by atoms with Crippen LogP contribution in [0.4, 0.5) is 15.8 Å². The van der Waals surface area contributed by atoms with Gasteiger partial charge in [-0.3, -0.25) is 9.56 Å². The number of aromatic nitrogens is 1. The molecule has 1 N–H and O–H groups in total. The first kappa shape index (κ1) is 18.4. The van der Waals surface area contributed by atoms with E-state index in [0.717, 1.165) is 16.8 Å². The summed E-state index contributed by atoms with van der Waals surface area (Å²) < 4.78 is 15.8. The Morgan fingerprint density at radius 3 is 2.71 bits per heavy atom. The normalized spacial score (nSPS) is 15.0. The Morgan fingerprint density at radius 1 is 1.18 bits per heavy atom. The lowest BCUT2D eigenvalue weighted by atomic mass is 10.1. The molecule has 1 aliphatic rings. The molecule has 0 saturated heterocycles. The summed E-state index contributed by atoms with van der Waals surface area (Å²) in [6.07, 6.45) is 3.71. The molecule has 0 bridgehead atoms. The topological polar surface area (TPSA) is 49.9 Å². The number of fused-ring (bicyclic) bond motifs is 1. The van der Waals surface area contributed by atoms with E-state index < -0.39 is 0 Å². The summed E-state index contributed by atoms with van der Waals surface area (Å²) >= 11 is 1.33. The molecule has 0 unspecified atom stereocenters. The van der Waals surface area contributed by atoms with Crippen molar-refractivity contribution in [1.29, 1.82) is 0 Å². The van der Waals surface area contributed by atoms with Crippen LogP contribution in [-0.4, -0.2) is 15.9 Å². The quantitative estimate of drug-likeness (QED) is 0.622. The molecule has 28 heavy (non-hydrogen) atoms. The maximum Gasteiger partial charge on any atom is 0.211 e. The Kier molecular flexibility index (Phi) is 4.96. The number of thiazole rings is 1. The molecule has 0 radical (unpaired) electrons. The number of benzene rings is 2. The molecule has 0 spiro atoms. The van der Waals surface area contributed by atoms with Crippen LogP contribution in [0.5, 0.6) is 5.88 Å². The summed E-state index contributed by atoms with van der Waals surface area (Å²) in [4.78, 5) is 10.1. The van der Waals surface area contributed by atoms with Crippen molar-refractivity contribution in [3.63, 3.8) is 0 Å². The average Bonchev–Trinajstić information content (AvgIpc) is 3.20. The zero-order valence-corrected chi connectivity index (χ0v) is 16.4. The third-order valence-corrected chi connectivity index (χ3v) is 5.38. The summed E-state index contributed by atoms with van der Waals surface area (Å²) in [6.45, 7) is 4.72. The highest BCUT2D eigenvalue weighted by Crippen LogP contribution is 2.34. The van der Waals surface area contributed by atoms with Crippen LogP contribution in [0.2, 0.25) is 0 Å². The number of rotatable bonds is 4. The standard InChI is InChI=1S/C22H20FN3OS/c1-14(2)13-26-21(27)20(11-15-12-24-18-9-5-3-7-16(15)18)28-22(26)25-19-10-6-4-8-17(19)23/h3-12,14,27H,13H2,1-2H3/b15-11+,25-22?. The van der Waals surface area contributed by atoms with E-state index in [1.165, 1.54) is 17.4 Å². The Balaban J connectivity index is 1.85. The summed E-state index contributed by atoms with van der Waals surface area (Å²) in [5.74, 6) is 0.0525. The van der Waals surface area contributed by atoms with Crippen LogP contribution in [-0.2, 0) is 6.54 Å². The van der Waals surface area contributed by atoms with Crippen LogP contribution in [0.25, 0.3) is 11.6 Å². The van der Waals surface area contributed by atoms with E-state index >= 15 is 0 Å². The van der Waals surface area contributed by atoms with Gasteiger partial charge in [-0.25, -0.2) is 9.38 Å². The smallest absolute Gasteiger partial charge is 0.211 e. The molecule has 0 saturated carbocycles. The molecule has 1 aromatic heterocycles. The van der Waals surface area contributed by atoms with Gasteiger partial charge in [-0.2, -0.15) is 0 Å². The van der Waals surface area contributed by atoms with Crippen molar-refractivity contribution in [1.82, 2.24) is 4.57 Å². The fraction of sp³-hybridized carbons (Fsp3) is 0.182. The SMILES string of the molecule is CC(C)Cn1c(O)c(/C=C2\C=Nc3ccccc32)sc1=Nc1ccccc1F. The van der Waals surface area contributed by atoms with E-state index in [9.17, 15) is 9.50 Å². The molecular weight excluding hydrogens is 373 g/mol.